The SMILES string of the molecule is O=C(Nc1ccccc1C(=O)[O-])c1ccc(Cl)c(Cl)c1. The zero-order valence-electron chi connectivity index (χ0n) is 10.0. The Balaban J connectivity index is 2.28. The molecule has 0 saturated heterocycles. The lowest BCUT2D eigenvalue weighted by Crippen LogP contribution is -2.24. The standard InChI is InChI=1S/C14H9Cl2NO3/c15-10-6-5-8(7-11(10)16)13(18)17-12-4-2-1-3-9(12)14(19)20/h1-7H,(H,17,18)(H,19,20)/p-1. The Labute approximate surface area is 124 Å². The van der Waals surface area contributed by atoms with Crippen LogP contribution in [0.5, 0.6) is 0 Å². The number of nitrogens with one attached hydrogen (secondary N) is 1. The topological polar surface area (TPSA) is 69.2 Å². The van der Waals surface area contributed by atoms with E-state index < -0.39 is 11.9 Å². The summed E-state index contributed by atoms with van der Waals surface area (Å²) < 4.78 is 0. The molecule has 2 aromatic carbocycles. The second kappa shape index (κ2) is 5.94. The summed E-state index contributed by atoms with van der Waals surface area (Å²) in [6.07, 6.45) is 0. The molecule has 0 aromatic heterocycles. The van der Waals surface area contributed by atoms with Gasteiger partial charge in [0, 0.05) is 11.1 Å². The number of para-hydroxylation sites is 1. The molecule has 0 atom stereocenters. The molecule has 0 radical (unpaired) electrons. The predicted octanol–water partition coefficient (Wildman–Crippen LogP) is 2.61. The van der Waals surface area contributed by atoms with Crippen molar-refractivity contribution >= 4 is 40.8 Å². The number of carboxylic acid groups (broad SMARTS) is 1. The molecule has 1 N–H and O–H groups in total. The molecule has 0 saturated carbocycles. The van der Waals surface area contributed by atoms with Gasteiger partial charge in [-0.15, -0.1) is 0 Å². The maximum absolute atomic E-state index is 12.0. The number of amides is 1. The molecule has 0 aliphatic heterocycles. The summed E-state index contributed by atoms with van der Waals surface area (Å²) in [5.74, 6) is -1.85. The fourth-order valence-corrected chi connectivity index (χ4v) is 1.90. The largest absolute Gasteiger partial charge is 0.545 e. The maximum Gasteiger partial charge on any atom is 0.255 e. The highest BCUT2D eigenvalue weighted by Gasteiger charge is 2.10. The second-order valence-electron chi connectivity index (χ2n) is 3.92. The smallest absolute Gasteiger partial charge is 0.255 e. The molecule has 2 aromatic rings. The van der Waals surface area contributed by atoms with Crippen molar-refractivity contribution in [2.75, 3.05) is 5.32 Å². The van der Waals surface area contributed by atoms with Crippen LogP contribution in [0.4, 0.5) is 5.69 Å². The van der Waals surface area contributed by atoms with Crippen molar-refractivity contribution in [2.24, 2.45) is 0 Å². The third kappa shape index (κ3) is 3.10. The van der Waals surface area contributed by atoms with Crippen molar-refractivity contribution in [3.05, 3.63) is 63.6 Å². The zero-order valence-corrected chi connectivity index (χ0v) is 11.5. The van der Waals surface area contributed by atoms with Crippen LogP contribution in [-0.4, -0.2) is 11.9 Å². The number of aromatic carboxylic acids is 1. The summed E-state index contributed by atoms with van der Waals surface area (Å²) in [6, 6.07) is 10.4. The van der Waals surface area contributed by atoms with Crippen LogP contribution in [0.2, 0.25) is 10.0 Å². The predicted molar refractivity (Wildman–Crippen MR) is 75.2 cm³/mol. The van der Waals surface area contributed by atoms with Crippen LogP contribution < -0.4 is 10.4 Å². The number of anilines is 1. The molecule has 20 heavy (non-hydrogen) atoms. The van der Waals surface area contributed by atoms with Gasteiger partial charge >= 0.3 is 0 Å². The Morgan fingerprint density at radius 1 is 1.00 bits per heavy atom. The quantitative estimate of drug-likeness (QED) is 0.947. The number of hydrogen-bond acceptors (Lipinski definition) is 3. The van der Waals surface area contributed by atoms with E-state index >= 15 is 0 Å². The zero-order chi connectivity index (χ0) is 14.7. The molecule has 0 unspecified atom stereocenters. The van der Waals surface area contributed by atoms with Gasteiger partial charge in [-0.2, -0.15) is 0 Å². The highest BCUT2D eigenvalue weighted by molar-refractivity contribution is 6.42. The van der Waals surface area contributed by atoms with E-state index in [9.17, 15) is 14.7 Å². The van der Waals surface area contributed by atoms with Crippen LogP contribution in [0.3, 0.4) is 0 Å². The molecule has 0 bridgehead atoms. The number of hydrogen-bond donors (Lipinski definition) is 1. The fourth-order valence-electron chi connectivity index (χ4n) is 1.60. The summed E-state index contributed by atoms with van der Waals surface area (Å²) in [4.78, 5) is 23.0. The third-order valence-corrected chi connectivity index (χ3v) is 3.32. The third-order valence-electron chi connectivity index (χ3n) is 2.58. The molecule has 0 fully saturated rings. The summed E-state index contributed by atoms with van der Waals surface area (Å²) in [5.41, 5.74) is 0.331. The van der Waals surface area contributed by atoms with E-state index in [0.717, 1.165) is 0 Å². The highest BCUT2D eigenvalue weighted by atomic mass is 35.5. The van der Waals surface area contributed by atoms with Crippen molar-refractivity contribution in [2.45, 2.75) is 0 Å². The van der Waals surface area contributed by atoms with E-state index in [0.29, 0.717) is 5.02 Å². The molecule has 0 aliphatic rings. The molecule has 1 amide bonds. The van der Waals surface area contributed by atoms with E-state index in [1.54, 1.807) is 12.1 Å². The molecule has 2 rings (SSSR count). The van der Waals surface area contributed by atoms with Gasteiger partial charge in [-0.3, -0.25) is 4.79 Å². The number of carbonyl (C=O) groups is 2. The summed E-state index contributed by atoms with van der Waals surface area (Å²) in [6.45, 7) is 0. The fraction of sp³-hybridized carbons (Fsp3) is 0. The molecule has 4 nitrogen and oxygen atoms in total. The first-order valence-electron chi connectivity index (χ1n) is 5.56. The minimum absolute atomic E-state index is 0.0964. The van der Waals surface area contributed by atoms with E-state index in [-0.39, 0.29) is 21.8 Å². The minimum atomic E-state index is -1.37. The average Bonchev–Trinajstić information content (AvgIpc) is 2.42. The lowest BCUT2D eigenvalue weighted by atomic mass is 10.1. The Bertz CT molecular complexity index is 686. The van der Waals surface area contributed by atoms with Crippen molar-refractivity contribution in [1.82, 2.24) is 0 Å². The van der Waals surface area contributed by atoms with Gasteiger partial charge in [0.25, 0.3) is 5.91 Å². The first-order valence-corrected chi connectivity index (χ1v) is 6.31. The van der Waals surface area contributed by atoms with Gasteiger partial charge in [0.2, 0.25) is 0 Å². The van der Waals surface area contributed by atoms with Crippen molar-refractivity contribution < 1.29 is 14.7 Å². The Morgan fingerprint density at radius 3 is 2.35 bits per heavy atom. The first-order chi connectivity index (χ1) is 9.49. The van der Waals surface area contributed by atoms with Gasteiger partial charge < -0.3 is 15.2 Å². The van der Waals surface area contributed by atoms with E-state index in [1.165, 1.54) is 30.3 Å². The lowest BCUT2D eigenvalue weighted by Gasteiger charge is -2.11. The van der Waals surface area contributed by atoms with Crippen LogP contribution in [0.25, 0.3) is 0 Å². The first kappa shape index (κ1) is 14.4. The van der Waals surface area contributed by atoms with Crippen molar-refractivity contribution in [1.29, 1.82) is 0 Å². The van der Waals surface area contributed by atoms with Crippen LogP contribution in [0.1, 0.15) is 20.7 Å². The van der Waals surface area contributed by atoms with Crippen LogP contribution >= 0.6 is 23.2 Å². The summed E-state index contributed by atoms with van der Waals surface area (Å²) >= 11 is 11.6. The maximum atomic E-state index is 12.0. The number of rotatable bonds is 3. The number of benzene rings is 2. The number of carboxylic acids is 1. The summed E-state index contributed by atoms with van der Waals surface area (Å²) in [5, 5.41) is 14.0. The van der Waals surface area contributed by atoms with Gasteiger partial charge in [0.1, 0.15) is 0 Å². The minimum Gasteiger partial charge on any atom is -0.545 e. The Morgan fingerprint density at radius 2 is 1.70 bits per heavy atom. The van der Waals surface area contributed by atoms with Gasteiger partial charge in [0.05, 0.1) is 21.7 Å². The van der Waals surface area contributed by atoms with Crippen LogP contribution in [0.15, 0.2) is 42.5 Å². The number of carbonyl (C=O) groups excluding carboxylic acids is 2. The number of halogens is 2. The molecule has 0 spiro atoms. The Hall–Kier alpha value is -2.04. The van der Waals surface area contributed by atoms with Crippen molar-refractivity contribution in [3.63, 3.8) is 0 Å². The molecule has 0 heterocycles. The van der Waals surface area contributed by atoms with Crippen LogP contribution in [0, 0.1) is 0 Å². The molecular weight excluding hydrogens is 301 g/mol. The van der Waals surface area contributed by atoms with Crippen LogP contribution in [-0.2, 0) is 0 Å². The van der Waals surface area contributed by atoms with E-state index in [2.05, 4.69) is 5.32 Å². The second-order valence-corrected chi connectivity index (χ2v) is 4.73. The van der Waals surface area contributed by atoms with E-state index in [4.69, 9.17) is 23.2 Å². The van der Waals surface area contributed by atoms with Gasteiger partial charge in [-0.25, -0.2) is 0 Å². The normalized spacial score (nSPS) is 10.1. The van der Waals surface area contributed by atoms with Gasteiger partial charge in [-0.05, 0) is 24.3 Å². The van der Waals surface area contributed by atoms with Crippen molar-refractivity contribution in [3.8, 4) is 0 Å². The van der Waals surface area contributed by atoms with Gasteiger partial charge in [-0.1, -0.05) is 41.4 Å². The monoisotopic (exact) mass is 308 g/mol. The molecule has 6 heteroatoms. The summed E-state index contributed by atoms with van der Waals surface area (Å²) in [7, 11) is 0. The molecule has 102 valence electrons. The van der Waals surface area contributed by atoms with E-state index in [1.807, 2.05) is 0 Å². The molecular formula is C14H8Cl2NO3-. The molecule has 0 aliphatic carbocycles. The van der Waals surface area contributed by atoms with Gasteiger partial charge in [0.15, 0.2) is 0 Å². The lowest BCUT2D eigenvalue weighted by molar-refractivity contribution is -0.254. The Kier molecular flexibility index (Phi) is 4.27. The average molecular weight is 309 g/mol. The highest BCUT2D eigenvalue weighted by Crippen LogP contribution is 2.23.